The van der Waals surface area contributed by atoms with Gasteiger partial charge in [-0.1, -0.05) is 6.07 Å². The molecule has 3 rings (SSSR count). The first-order valence-electron chi connectivity index (χ1n) is 7.64. The molecule has 1 aliphatic heterocycles. The summed E-state index contributed by atoms with van der Waals surface area (Å²) in [6, 6.07) is 5.52. The molecule has 1 saturated carbocycles. The molecule has 3 nitrogen and oxygen atoms in total. The third-order valence-electron chi connectivity index (χ3n) is 4.28. The largest absolute Gasteiger partial charge is 0.393 e. The second-order valence-electron chi connectivity index (χ2n) is 6.08. The van der Waals surface area contributed by atoms with Gasteiger partial charge in [0, 0.05) is 19.6 Å². The maximum atomic E-state index is 14.2. The van der Waals surface area contributed by atoms with Gasteiger partial charge in [0.25, 0.3) is 0 Å². The fraction of sp³-hybridized carbons (Fsp3) is 0.625. The Balaban J connectivity index is 1.58. The third kappa shape index (κ3) is 3.49. The van der Waals surface area contributed by atoms with Gasteiger partial charge in [0.2, 0.25) is 0 Å². The van der Waals surface area contributed by atoms with Crippen LogP contribution < -0.4 is 10.2 Å². The van der Waals surface area contributed by atoms with Crippen LogP contribution in [0.5, 0.6) is 0 Å². The molecule has 1 aliphatic carbocycles. The molecule has 0 unspecified atom stereocenters. The van der Waals surface area contributed by atoms with Gasteiger partial charge in [0.05, 0.1) is 11.8 Å². The fourth-order valence-corrected chi connectivity index (χ4v) is 2.77. The molecule has 0 amide bonds. The van der Waals surface area contributed by atoms with Gasteiger partial charge in [-0.2, -0.15) is 0 Å². The van der Waals surface area contributed by atoms with Crippen LogP contribution in [0.2, 0.25) is 0 Å². The van der Waals surface area contributed by atoms with Crippen LogP contribution in [0.4, 0.5) is 10.1 Å². The summed E-state index contributed by atoms with van der Waals surface area (Å²) in [5.74, 6) is 0.700. The standard InChI is InChI=1S/C16H23FN2O/c17-15-9-13(11-18-10-12-1-2-12)3-4-16(15)19-7-5-14(20)6-8-19/h3-4,9,12,14,18,20H,1-2,5-8,10-11H2. The van der Waals surface area contributed by atoms with Crippen molar-refractivity contribution in [1.29, 1.82) is 0 Å². The lowest BCUT2D eigenvalue weighted by Gasteiger charge is -2.31. The SMILES string of the molecule is OC1CCN(c2ccc(CNCC3CC3)cc2F)CC1. The Morgan fingerprint density at radius 1 is 1.20 bits per heavy atom. The lowest BCUT2D eigenvalue weighted by molar-refractivity contribution is 0.145. The van der Waals surface area contributed by atoms with Crippen molar-refractivity contribution in [3.05, 3.63) is 29.6 Å². The highest BCUT2D eigenvalue weighted by atomic mass is 19.1. The molecule has 2 fully saturated rings. The number of anilines is 1. The molecule has 0 aromatic heterocycles. The molecule has 0 bridgehead atoms. The van der Waals surface area contributed by atoms with E-state index in [1.165, 1.54) is 12.8 Å². The summed E-state index contributed by atoms with van der Waals surface area (Å²) in [6.45, 7) is 3.26. The molecule has 2 N–H and O–H groups in total. The van der Waals surface area contributed by atoms with Crippen LogP contribution in [-0.4, -0.2) is 30.8 Å². The van der Waals surface area contributed by atoms with Crippen molar-refractivity contribution in [3.63, 3.8) is 0 Å². The van der Waals surface area contributed by atoms with E-state index in [4.69, 9.17) is 0 Å². The van der Waals surface area contributed by atoms with Crippen molar-refractivity contribution in [1.82, 2.24) is 5.32 Å². The van der Waals surface area contributed by atoms with Gasteiger partial charge in [-0.3, -0.25) is 0 Å². The molecular weight excluding hydrogens is 255 g/mol. The van der Waals surface area contributed by atoms with Crippen LogP contribution in [-0.2, 0) is 6.54 Å². The lowest BCUT2D eigenvalue weighted by Crippen LogP contribution is -2.36. The van der Waals surface area contributed by atoms with Gasteiger partial charge in [-0.15, -0.1) is 0 Å². The average Bonchev–Trinajstić information content (AvgIpc) is 3.25. The van der Waals surface area contributed by atoms with E-state index in [0.29, 0.717) is 5.69 Å². The number of benzene rings is 1. The number of halogens is 1. The van der Waals surface area contributed by atoms with E-state index in [-0.39, 0.29) is 11.9 Å². The Morgan fingerprint density at radius 2 is 1.95 bits per heavy atom. The van der Waals surface area contributed by atoms with Crippen LogP contribution in [0.3, 0.4) is 0 Å². The monoisotopic (exact) mass is 278 g/mol. The molecule has 1 heterocycles. The van der Waals surface area contributed by atoms with Crippen molar-refractivity contribution >= 4 is 5.69 Å². The molecule has 0 radical (unpaired) electrons. The maximum Gasteiger partial charge on any atom is 0.146 e. The molecule has 2 aliphatic rings. The summed E-state index contributed by atoms with van der Waals surface area (Å²) < 4.78 is 14.2. The molecule has 0 atom stereocenters. The molecular formula is C16H23FN2O. The van der Waals surface area contributed by atoms with Crippen LogP contribution >= 0.6 is 0 Å². The van der Waals surface area contributed by atoms with Crippen molar-refractivity contribution in [2.45, 2.75) is 38.3 Å². The summed E-state index contributed by atoms with van der Waals surface area (Å²) in [6.07, 6.45) is 3.90. The molecule has 1 aromatic rings. The van der Waals surface area contributed by atoms with Gasteiger partial charge in [0.15, 0.2) is 0 Å². The molecule has 20 heavy (non-hydrogen) atoms. The lowest BCUT2D eigenvalue weighted by atomic mass is 10.1. The smallest absolute Gasteiger partial charge is 0.146 e. The third-order valence-corrected chi connectivity index (χ3v) is 4.28. The number of nitrogens with one attached hydrogen (secondary N) is 1. The average molecular weight is 278 g/mol. The van der Waals surface area contributed by atoms with Gasteiger partial charge in [0.1, 0.15) is 5.82 Å². The van der Waals surface area contributed by atoms with Crippen molar-refractivity contribution in [3.8, 4) is 0 Å². The van der Waals surface area contributed by atoms with Crippen molar-refractivity contribution < 1.29 is 9.50 Å². The Kier molecular flexibility index (Phi) is 4.22. The number of piperidine rings is 1. The Hall–Kier alpha value is -1.13. The minimum Gasteiger partial charge on any atom is -0.393 e. The van der Waals surface area contributed by atoms with E-state index in [2.05, 4.69) is 5.32 Å². The maximum absolute atomic E-state index is 14.2. The Morgan fingerprint density at radius 3 is 2.60 bits per heavy atom. The highest BCUT2D eigenvalue weighted by molar-refractivity contribution is 5.49. The normalized spacial score (nSPS) is 20.4. The Bertz CT molecular complexity index is 454. The topological polar surface area (TPSA) is 35.5 Å². The van der Waals surface area contributed by atoms with E-state index in [1.807, 2.05) is 17.0 Å². The van der Waals surface area contributed by atoms with Crippen molar-refractivity contribution in [2.75, 3.05) is 24.5 Å². The summed E-state index contributed by atoms with van der Waals surface area (Å²) in [5, 5.41) is 12.9. The van der Waals surface area contributed by atoms with Crippen LogP contribution in [0, 0.1) is 11.7 Å². The molecule has 0 spiro atoms. The number of hydrogen-bond donors (Lipinski definition) is 2. The number of nitrogens with zero attached hydrogens (tertiary/aromatic N) is 1. The zero-order chi connectivity index (χ0) is 13.9. The van der Waals surface area contributed by atoms with Gasteiger partial charge in [-0.05, 0) is 55.8 Å². The van der Waals surface area contributed by atoms with Gasteiger partial charge >= 0.3 is 0 Å². The first-order valence-corrected chi connectivity index (χ1v) is 7.64. The highest BCUT2D eigenvalue weighted by Gasteiger charge is 2.21. The van der Waals surface area contributed by atoms with Crippen LogP contribution in [0.15, 0.2) is 18.2 Å². The van der Waals surface area contributed by atoms with Crippen LogP contribution in [0.1, 0.15) is 31.2 Å². The van der Waals surface area contributed by atoms with E-state index >= 15 is 0 Å². The molecule has 1 saturated heterocycles. The van der Waals surface area contributed by atoms with Gasteiger partial charge < -0.3 is 15.3 Å². The zero-order valence-corrected chi connectivity index (χ0v) is 11.8. The summed E-state index contributed by atoms with van der Waals surface area (Å²) in [5.41, 5.74) is 1.67. The van der Waals surface area contributed by atoms with Gasteiger partial charge in [-0.25, -0.2) is 4.39 Å². The number of aliphatic hydroxyl groups is 1. The minimum absolute atomic E-state index is 0.146. The Labute approximate surface area is 119 Å². The number of hydrogen-bond acceptors (Lipinski definition) is 3. The predicted molar refractivity (Wildman–Crippen MR) is 78.3 cm³/mol. The second-order valence-corrected chi connectivity index (χ2v) is 6.08. The summed E-state index contributed by atoms with van der Waals surface area (Å²) in [7, 11) is 0. The minimum atomic E-state index is -0.222. The fourth-order valence-electron chi connectivity index (χ4n) is 2.77. The van der Waals surface area contributed by atoms with E-state index in [1.54, 1.807) is 6.07 Å². The first kappa shape index (κ1) is 13.8. The number of rotatable bonds is 5. The quantitative estimate of drug-likeness (QED) is 0.867. The van der Waals surface area contributed by atoms with Crippen LogP contribution in [0.25, 0.3) is 0 Å². The second kappa shape index (κ2) is 6.10. The highest BCUT2D eigenvalue weighted by Crippen LogP contribution is 2.28. The predicted octanol–water partition coefficient (Wildman–Crippen LogP) is 2.29. The van der Waals surface area contributed by atoms with E-state index < -0.39 is 0 Å². The summed E-state index contributed by atoms with van der Waals surface area (Å²) in [4.78, 5) is 2.03. The molecule has 4 heteroatoms. The first-order chi connectivity index (χ1) is 9.72. The van der Waals surface area contributed by atoms with Crippen molar-refractivity contribution in [2.24, 2.45) is 5.92 Å². The van der Waals surface area contributed by atoms with E-state index in [0.717, 1.165) is 50.5 Å². The molecule has 110 valence electrons. The number of aliphatic hydroxyl groups excluding tert-OH is 1. The molecule has 1 aromatic carbocycles. The van der Waals surface area contributed by atoms with E-state index in [9.17, 15) is 9.50 Å². The zero-order valence-electron chi connectivity index (χ0n) is 11.8. The summed E-state index contributed by atoms with van der Waals surface area (Å²) >= 11 is 0.